The fraction of sp³-hybridized carbons (Fsp3) is 0.945. The number of esters is 4. The van der Waals surface area contributed by atoms with Gasteiger partial charge in [0.25, 0.3) is 0 Å². The zero-order valence-corrected chi connectivity index (χ0v) is 61.8. The predicted molar refractivity (Wildman–Crippen MR) is 372 cm³/mol. The molecule has 3 N–H and O–H groups in total. The molecule has 0 radical (unpaired) electrons. The summed E-state index contributed by atoms with van der Waals surface area (Å²) in [5, 5.41) is 10.6. The topological polar surface area (TPSA) is 237 Å². The second kappa shape index (κ2) is 63.8. The van der Waals surface area contributed by atoms with Gasteiger partial charge in [-0.15, -0.1) is 0 Å². The minimum atomic E-state index is -4.95. The maximum atomic E-state index is 13.0. The molecule has 0 saturated carbocycles. The molecule has 0 aliphatic heterocycles. The van der Waals surface area contributed by atoms with Crippen LogP contribution in [0, 0.1) is 17.8 Å². The lowest BCUT2D eigenvalue weighted by Gasteiger charge is -2.21. The minimum absolute atomic E-state index is 0.103. The molecule has 5 atom stereocenters. The average Bonchev–Trinajstić information content (AvgIpc) is 2.72. The Balaban J connectivity index is 5.21. The van der Waals surface area contributed by atoms with Crippen LogP contribution >= 0.6 is 15.6 Å². The third kappa shape index (κ3) is 66.7. The van der Waals surface area contributed by atoms with Crippen molar-refractivity contribution < 1.29 is 80.2 Å². The molecule has 17 nitrogen and oxygen atoms in total. The maximum absolute atomic E-state index is 13.0. The molecule has 0 amide bonds. The number of unbranched alkanes of at least 4 members (excludes halogenated alkanes) is 39. The highest BCUT2D eigenvalue weighted by atomic mass is 31.2. The Morgan fingerprint density at radius 1 is 0.293 bits per heavy atom. The summed E-state index contributed by atoms with van der Waals surface area (Å²) >= 11 is 0. The molecule has 0 spiro atoms. The van der Waals surface area contributed by atoms with Crippen molar-refractivity contribution in [2.45, 2.75) is 388 Å². The van der Waals surface area contributed by atoms with E-state index in [1.54, 1.807) is 0 Å². The van der Waals surface area contributed by atoms with E-state index in [0.717, 1.165) is 108 Å². The maximum Gasteiger partial charge on any atom is 0.472 e. The molecular formula is C73H142O17P2. The normalized spacial score (nSPS) is 14.1. The predicted octanol–water partition coefficient (Wildman–Crippen LogP) is 21.0. The quantitative estimate of drug-likeness (QED) is 0.0222. The SMILES string of the molecule is CCCCCCCCCCCCCCCCCCCCCC(=O)O[C@H](COC(=O)CCCCCCCCCCCC(C)C)COP(=O)(O)OC[C@@H](O)COP(=O)(O)OC[C@@H](COC(=O)CCCCCCCCCC(C)C)OC(=O)CCCCCCCCCCC(C)C. The number of aliphatic hydroxyl groups excluding tert-OH is 1. The smallest absolute Gasteiger partial charge is 0.462 e. The van der Waals surface area contributed by atoms with Crippen LogP contribution in [-0.2, 0) is 65.4 Å². The van der Waals surface area contributed by atoms with Gasteiger partial charge in [0.15, 0.2) is 12.2 Å². The molecule has 0 rings (SSSR count). The summed E-state index contributed by atoms with van der Waals surface area (Å²) in [7, 11) is -9.91. The standard InChI is InChI=1S/C73H142O17P2/c1-8-9-10-11-12-13-14-15-16-17-18-19-20-21-22-25-34-42-49-56-72(77)89-68(60-83-70(75)54-47-40-33-26-23-24-30-37-44-51-64(2)3)62-87-91(79,80)85-58-67(74)59-86-92(81,82)88-63-69(61-84-71(76)55-48-41-36-29-32-39-46-53-66(6)7)90-73(78)57-50-43-35-28-27-31-38-45-52-65(4)5/h64-69,74H,8-63H2,1-7H3,(H,79,80)(H,81,82)/t67-,68-,69-/m1/s1. The first-order valence-electron chi connectivity index (χ1n) is 37.8. The Kier molecular flexibility index (Phi) is 62.4. The molecule has 0 fully saturated rings. The molecule has 0 aliphatic carbocycles. The van der Waals surface area contributed by atoms with Crippen LogP contribution in [0.3, 0.4) is 0 Å². The van der Waals surface area contributed by atoms with E-state index in [-0.39, 0.29) is 25.7 Å². The van der Waals surface area contributed by atoms with Crippen LogP contribution in [0.1, 0.15) is 370 Å². The largest absolute Gasteiger partial charge is 0.472 e. The number of hydrogen-bond acceptors (Lipinski definition) is 15. The Bertz CT molecular complexity index is 1800. The highest BCUT2D eigenvalue weighted by Crippen LogP contribution is 2.45. The lowest BCUT2D eigenvalue weighted by atomic mass is 10.0. The molecule has 2 unspecified atom stereocenters. The van der Waals surface area contributed by atoms with Crippen molar-refractivity contribution >= 4 is 39.5 Å². The zero-order chi connectivity index (χ0) is 68.0. The van der Waals surface area contributed by atoms with Crippen molar-refractivity contribution in [2.75, 3.05) is 39.6 Å². The van der Waals surface area contributed by atoms with Gasteiger partial charge in [-0.05, 0) is 43.4 Å². The third-order valence-corrected chi connectivity index (χ3v) is 18.8. The van der Waals surface area contributed by atoms with E-state index < -0.39 is 97.5 Å². The van der Waals surface area contributed by atoms with Crippen LogP contribution in [0.25, 0.3) is 0 Å². The van der Waals surface area contributed by atoms with Crippen LogP contribution in [0.5, 0.6) is 0 Å². The summed E-state index contributed by atoms with van der Waals surface area (Å²) in [5.41, 5.74) is 0. The molecule has 0 saturated heterocycles. The molecule has 0 aromatic carbocycles. The van der Waals surface area contributed by atoms with Crippen molar-refractivity contribution in [3.63, 3.8) is 0 Å². The van der Waals surface area contributed by atoms with Crippen LogP contribution in [0.2, 0.25) is 0 Å². The number of carbonyl (C=O) groups is 4. The van der Waals surface area contributed by atoms with Crippen LogP contribution in [0.4, 0.5) is 0 Å². The van der Waals surface area contributed by atoms with Crippen molar-refractivity contribution in [3.8, 4) is 0 Å². The number of aliphatic hydroxyl groups is 1. The van der Waals surface area contributed by atoms with Gasteiger partial charge in [0, 0.05) is 25.7 Å². The second-order valence-corrected chi connectivity index (χ2v) is 30.7. The number of phosphoric ester groups is 2. The van der Waals surface area contributed by atoms with E-state index in [1.165, 1.54) is 173 Å². The van der Waals surface area contributed by atoms with E-state index in [0.29, 0.717) is 31.6 Å². The van der Waals surface area contributed by atoms with Crippen molar-refractivity contribution in [1.82, 2.24) is 0 Å². The average molecular weight is 1350 g/mol. The summed E-state index contributed by atoms with van der Waals surface area (Å²) in [4.78, 5) is 72.6. The minimum Gasteiger partial charge on any atom is -0.462 e. The van der Waals surface area contributed by atoms with E-state index in [1.807, 2.05) is 0 Å². The number of hydrogen-bond donors (Lipinski definition) is 3. The molecule has 19 heteroatoms. The fourth-order valence-corrected chi connectivity index (χ4v) is 12.7. The Hall–Kier alpha value is -1.94. The van der Waals surface area contributed by atoms with Gasteiger partial charge in [-0.3, -0.25) is 37.3 Å². The highest BCUT2D eigenvalue weighted by Gasteiger charge is 2.30. The lowest BCUT2D eigenvalue weighted by Crippen LogP contribution is -2.30. The van der Waals surface area contributed by atoms with E-state index in [2.05, 4.69) is 48.5 Å². The van der Waals surface area contributed by atoms with Crippen LogP contribution in [-0.4, -0.2) is 96.7 Å². The third-order valence-electron chi connectivity index (χ3n) is 16.9. The Morgan fingerprint density at radius 2 is 0.500 bits per heavy atom. The van der Waals surface area contributed by atoms with E-state index in [9.17, 15) is 43.2 Å². The molecule has 0 aliphatic rings. The number of ether oxygens (including phenoxy) is 4. The first-order chi connectivity index (χ1) is 44.2. The second-order valence-electron chi connectivity index (χ2n) is 27.8. The van der Waals surface area contributed by atoms with Crippen LogP contribution in [0.15, 0.2) is 0 Å². The summed E-state index contributed by atoms with van der Waals surface area (Å²) in [6.45, 7) is 11.8. The van der Waals surface area contributed by atoms with Gasteiger partial charge < -0.3 is 33.8 Å². The number of rotatable bonds is 71. The van der Waals surface area contributed by atoms with Gasteiger partial charge in [0.2, 0.25) is 0 Å². The van der Waals surface area contributed by atoms with Crippen molar-refractivity contribution in [2.24, 2.45) is 17.8 Å². The first-order valence-corrected chi connectivity index (χ1v) is 40.8. The number of phosphoric acid groups is 2. The van der Waals surface area contributed by atoms with Gasteiger partial charge in [-0.25, -0.2) is 9.13 Å². The van der Waals surface area contributed by atoms with Gasteiger partial charge in [-0.1, -0.05) is 318 Å². The molecule has 546 valence electrons. The summed E-state index contributed by atoms with van der Waals surface area (Å²) in [6.07, 6.45) is 48.8. The van der Waals surface area contributed by atoms with Gasteiger partial charge in [0.05, 0.1) is 26.4 Å². The highest BCUT2D eigenvalue weighted by molar-refractivity contribution is 7.47. The van der Waals surface area contributed by atoms with Gasteiger partial charge in [0.1, 0.15) is 19.3 Å². The summed E-state index contributed by atoms with van der Waals surface area (Å²) < 4.78 is 68.4. The van der Waals surface area contributed by atoms with Crippen molar-refractivity contribution in [3.05, 3.63) is 0 Å². The molecular weight excluding hydrogens is 1210 g/mol. The van der Waals surface area contributed by atoms with Crippen molar-refractivity contribution in [1.29, 1.82) is 0 Å². The summed E-state index contributed by atoms with van der Waals surface area (Å²) in [5.74, 6) is 0.0414. The summed E-state index contributed by atoms with van der Waals surface area (Å²) in [6, 6.07) is 0. The molecule has 0 bridgehead atoms. The van der Waals surface area contributed by atoms with Gasteiger partial charge in [-0.2, -0.15) is 0 Å². The first kappa shape index (κ1) is 90.1. The number of carbonyl (C=O) groups excluding carboxylic acids is 4. The molecule has 0 heterocycles. The Labute approximate surface area is 562 Å². The van der Waals surface area contributed by atoms with Gasteiger partial charge >= 0.3 is 39.5 Å². The zero-order valence-electron chi connectivity index (χ0n) is 60.0. The molecule has 0 aromatic rings. The van der Waals surface area contributed by atoms with E-state index >= 15 is 0 Å². The Morgan fingerprint density at radius 3 is 0.739 bits per heavy atom. The lowest BCUT2D eigenvalue weighted by molar-refractivity contribution is -0.161. The molecule has 92 heavy (non-hydrogen) atoms. The molecule has 0 aromatic heterocycles. The van der Waals surface area contributed by atoms with Crippen LogP contribution < -0.4 is 0 Å². The monoisotopic (exact) mass is 1350 g/mol. The fourth-order valence-electron chi connectivity index (χ4n) is 11.1. The van der Waals surface area contributed by atoms with E-state index in [4.69, 9.17) is 37.0 Å².